The maximum Gasteiger partial charge on any atom is 0.332 e. The van der Waals surface area contributed by atoms with Crippen LogP contribution in [0.5, 0.6) is 0 Å². The SMILES string of the molecule is CCCCn1c(=O)n(CCCn2nnc(Cc3ccc(Cl)cc3)n2)c(=O)c2[nH]c(Cl)nc21. The van der Waals surface area contributed by atoms with Crippen molar-refractivity contribution in [2.45, 2.75) is 52.2 Å². The number of hydrogen-bond donors (Lipinski definition) is 1. The number of hydrogen-bond acceptors (Lipinski definition) is 6. The zero-order chi connectivity index (χ0) is 22.7. The smallest absolute Gasteiger partial charge is 0.323 e. The zero-order valence-electron chi connectivity index (χ0n) is 17.5. The molecule has 0 fully saturated rings. The summed E-state index contributed by atoms with van der Waals surface area (Å²) < 4.78 is 2.71. The van der Waals surface area contributed by atoms with Gasteiger partial charge < -0.3 is 4.98 Å². The molecule has 1 aromatic carbocycles. The molecule has 0 unspecified atom stereocenters. The highest BCUT2D eigenvalue weighted by Gasteiger charge is 2.16. The number of aromatic amines is 1. The van der Waals surface area contributed by atoms with Crippen LogP contribution in [0.4, 0.5) is 0 Å². The van der Waals surface area contributed by atoms with Crippen LogP contribution in [-0.2, 0) is 26.1 Å². The second-order valence-electron chi connectivity index (χ2n) is 7.43. The summed E-state index contributed by atoms with van der Waals surface area (Å²) in [4.78, 5) is 34.1. The number of tetrazole rings is 1. The highest BCUT2D eigenvalue weighted by molar-refractivity contribution is 6.30. The standard InChI is InChI=1S/C20H22Cl2N8O2/c1-2-3-9-28-17-16(23-19(22)24-17)18(31)29(20(28)32)10-4-11-30-26-15(25-27-30)12-13-5-7-14(21)8-6-13/h5-8H,2-4,9-12H2,1H3,(H,23,24). The average molecular weight is 477 g/mol. The number of nitrogens with one attached hydrogen (secondary N) is 1. The van der Waals surface area contributed by atoms with Gasteiger partial charge in [-0.1, -0.05) is 37.1 Å². The Morgan fingerprint density at radius 1 is 1.00 bits per heavy atom. The fraction of sp³-hybridized carbons (Fsp3) is 0.400. The molecule has 168 valence electrons. The van der Waals surface area contributed by atoms with Crippen molar-refractivity contribution in [3.8, 4) is 0 Å². The molecule has 0 radical (unpaired) electrons. The van der Waals surface area contributed by atoms with Gasteiger partial charge in [0.1, 0.15) is 0 Å². The number of imidazole rings is 1. The Hall–Kier alpha value is -2.98. The number of halogens is 2. The van der Waals surface area contributed by atoms with Crippen molar-refractivity contribution < 1.29 is 0 Å². The maximum absolute atomic E-state index is 13.0. The number of fused-ring (bicyclic) bond motifs is 1. The Kier molecular flexibility index (Phi) is 6.71. The highest BCUT2D eigenvalue weighted by atomic mass is 35.5. The lowest BCUT2D eigenvalue weighted by Crippen LogP contribution is -2.40. The molecule has 4 rings (SSSR count). The Balaban J connectivity index is 1.48. The molecule has 12 heteroatoms. The van der Waals surface area contributed by atoms with Crippen molar-refractivity contribution in [1.29, 1.82) is 0 Å². The Labute approximate surface area is 192 Å². The van der Waals surface area contributed by atoms with Crippen molar-refractivity contribution in [2.75, 3.05) is 0 Å². The van der Waals surface area contributed by atoms with Gasteiger partial charge in [-0.3, -0.25) is 13.9 Å². The minimum Gasteiger partial charge on any atom is -0.323 e. The Bertz CT molecular complexity index is 1340. The highest BCUT2D eigenvalue weighted by Crippen LogP contribution is 2.12. The van der Waals surface area contributed by atoms with Crippen LogP contribution in [0.25, 0.3) is 11.2 Å². The summed E-state index contributed by atoms with van der Waals surface area (Å²) in [6.07, 6.45) is 2.71. The summed E-state index contributed by atoms with van der Waals surface area (Å²) in [5, 5.41) is 13.3. The van der Waals surface area contributed by atoms with E-state index in [1.165, 1.54) is 13.9 Å². The van der Waals surface area contributed by atoms with Crippen LogP contribution in [-0.4, -0.2) is 39.3 Å². The first kappa shape index (κ1) is 22.2. The monoisotopic (exact) mass is 476 g/mol. The molecule has 0 saturated heterocycles. The number of rotatable bonds is 9. The molecule has 0 aliphatic carbocycles. The van der Waals surface area contributed by atoms with E-state index in [9.17, 15) is 9.59 Å². The molecule has 10 nitrogen and oxygen atoms in total. The van der Waals surface area contributed by atoms with E-state index in [1.807, 2.05) is 31.2 Å². The first-order valence-electron chi connectivity index (χ1n) is 10.4. The van der Waals surface area contributed by atoms with Gasteiger partial charge in [-0.2, -0.15) is 9.78 Å². The quantitative estimate of drug-likeness (QED) is 0.371. The Morgan fingerprint density at radius 3 is 2.50 bits per heavy atom. The lowest BCUT2D eigenvalue weighted by molar-refractivity contribution is 0.451. The van der Waals surface area contributed by atoms with Gasteiger partial charge in [0.25, 0.3) is 5.56 Å². The van der Waals surface area contributed by atoms with Gasteiger partial charge in [-0.25, -0.2) is 4.79 Å². The minimum atomic E-state index is -0.438. The van der Waals surface area contributed by atoms with Crippen molar-refractivity contribution >= 4 is 34.4 Å². The lowest BCUT2D eigenvalue weighted by atomic mass is 10.1. The number of unbranched alkanes of at least 4 members (excludes halogenated alkanes) is 1. The molecule has 4 aromatic rings. The number of H-pyrrole nitrogens is 1. The fourth-order valence-corrected chi connectivity index (χ4v) is 3.75. The van der Waals surface area contributed by atoms with Crippen LogP contribution in [0.3, 0.4) is 0 Å². The van der Waals surface area contributed by atoms with Crippen LogP contribution in [0, 0.1) is 0 Å². The van der Waals surface area contributed by atoms with E-state index in [4.69, 9.17) is 23.2 Å². The van der Waals surface area contributed by atoms with Crippen LogP contribution in [0.1, 0.15) is 37.6 Å². The summed E-state index contributed by atoms with van der Waals surface area (Å²) in [5.41, 5.74) is 0.718. The van der Waals surface area contributed by atoms with Gasteiger partial charge in [0.2, 0.25) is 5.28 Å². The van der Waals surface area contributed by atoms with Gasteiger partial charge in [-0.05, 0) is 47.4 Å². The molecule has 0 spiro atoms. The van der Waals surface area contributed by atoms with E-state index in [0.717, 1.165) is 18.4 Å². The third-order valence-corrected chi connectivity index (χ3v) is 5.51. The molecular formula is C20H22Cl2N8O2. The molecule has 0 aliphatic rings. The lowest BCUT2D eigenvalue weighted by Gasteiger charge is -2.10. The maximum atomic E-state index is 13.0. The summed E-state index contributed by atoms with van der Waals surface area (Å²) in [7, 11) is 0. The van der Waals surface area contributed by atoms with Crippen molar-refractivity contribution in [1.82, 2.24) is 39.3 Å². The summed E-state index contributed by atoms with van der Waals surface area (Å²) in [5.74, 6) is 0.583. The normalized spacial score (nSPS) is 11.5. The van der Waals surface area contributed by atoms with Gasteiger partial charge in [0.05, 0.1) is 6.54 Å². The van der Waals surface area contributed by atoms with E-state index in [-0.39, 0.29) is 17.3 Å². The fourth-order valence-electron chi connectivity index (χ4n) is 3.45. The largest absolute Gasteiger partial charge is 0.332 e. The van der Waals surface area contributed by atoms with Crippen molar-refractivity contribution in [3.05, 3.63) is 66.8 Å². The van der Waals surface area contributed by atoms with Crippen LogP contribution in [0.15, 0.2) is 33.9 Å². The zero-order valence-corrected chi connectivity index (χ0v) is 19.0. The molecule has 0 bridgehead atoms. The van der Waals surface area contributed by atoms with E-state index in [2.05, 4.69) is 25.4 Å². The molecule has 3 aromatic heterocycles. The molecule has 0 aliphatic heterocycles. The van der Waals surface area contributed by atoms with Gasteiger partial charge in [-0.15, -0.1) is 10.2 Å². The first-order chi connectivity index (χ1) is 15.5. The Morgan fingerprint density at radius 2 is 1.75 bits per heavy atom. The average Bonchev–Trinajstić information content (AvgIpc) is 3.38. The van der Waals surface area contributed by atoms with Crippen LogP contribution >= 0.6 is 23.2 Å². The predicted molar refractivity (Wildman–Crippen MR) is 121 cm³/mol. The molecule has 0 atom stereocenters. The molecule has 3 heterocycles. The summed E-state index contributed by atoms with van der Waals surface area (Å²) >= 11 is 11.9. The van der Waals surface area contributed by atoms with E-state index < -0.39 is 11.2 Å². The van der Waals surface area contributed by atoms with Gasteiger partial charge >= 0.3 is 5.69 Å². The van der Waals surface area contributed by atoms with Gasteiger partial charge in [0, 0.05) is 24.5 Å². The second-order valence-corrected chi connectivity index (χ2v) is 8.22. The minimum absolute atomic E-state index is 0.0829. The third kappa shape index (κ3) is 4.76. The molecule has 0 amide bonds. The number of aromatic nitrogens is 8. The number of aryl methyl sites for hydroxylation is 2. The van der Waals surface area contributed by atoms with Crippen LogP contribution < -0.4 is 11.2 Å². The first-order valence-corrected chi connectivity index (χ1v) is 11.1. The summed E-state index contributed by atoms with van der Waals surface area (Å²) in [6, 6.07) is 7.46. The van der Waals surface area contributed by atoms with Crippen molar-refractivity contribution in [2.24, 2.45) is 0 Å². The van der Waals surface area contributed by atoms with E-state index >= 15 is 0 Å². The predicted octanol–water partition coefficient (Wildman–Crippen LogP) is 2.66. The molecular weight excluding hydrogens is 455 g/mol. The topological polar surface area (TPSA) is 116 Å². The van der Waals surface area contributed by atoms with E-state index in [1.54, 1.807) is 0 Å². The summed E-state index contributed by atoms with van der Waals surface area (Å²) in [6.45, 7) is 3.12. The number of benzene rings is 1. The second kappa shape index (κ2) is 9.66. The number of nitrogens with zero attached hydrogens (tertiary/aromatic N) is 7. The van der Waals surface area contributed by atoms with Crippen molar-refractivity contribution in [3.63, 3.8) is 0 Å². The molecule has 0 saturated carbocycles. The van der Waals surface area contributed by atoms with Crippen LogP contribution in [0.2, 0.25) is 10.3 Å². The third-order valence-electron chi connectivity index (χ3n) is 5.08. The van der Waals surface area contributed by atoms with E-state index in [0.29, 0.717) is 42.4 Å². The van der Waals surface area contributed by atoms with Gasteiger partial charge in [0.15, 0.2) is 17.0 Å². The molecule has 1 N–H and O–H groups in total. The molecule has 32 heavy (non-hydrogen) atoms.